The lowest BCUT2D eigenvalue weighted by Gasteiger charge is -2.19. The van der Waals surface area contributed by atoms with Gasteiger partial charge in [-0.2, -0.15) is 10.1 Å². The number of fused-ring (bicyclic) bond motifs is 1. The SMILES string of the molecule is CN(C)c1cc(-c2cc[nH]n2)cc2nc(N)nc(NCCCO)c12. The zero-order valence-electron chi connectivity index (χ0n) is 13.7. The Morgan fingerprint density at radius 2 is 2.12 bits per heavy atom. The van der Waals surface area contributed by atoms with Crippen LogP contribution in [0.5, 0.6) is 0 Å². The van der Waals surface area contributed by atoms with Gasteiger partial charge in [-0.15, -0.1) is 0 Å². The first-order valence-electron chi connectivity index (χ1n) is 7.73. The summed E-state index contributed by atoms with van der Waals surface area (Å²) >= 11 is 0. The van der Waals surface area contributed by atoms with E-state index in [1.165, 1.54) is 0 Å². The molecule has 0 saturated heterocycles. The molecule has 2 heterocycles. The summed E-state index contributed by atoms with van der Waals surface area (Å²) in [4.78, 5) is 10.7. The van der Waals surface area contributed by atoms with Crippen molar-refractivity contribution in [3.63, 3.8) is 0 Å². The summed E-state index contributed by atoms with van der Waals surface area (Å²) in [7, 11) is 3.94. The largest absolute Gasteiger partial charge is 0.396 e. The molecule has 0 spiro atoms. The van der Waals surface area contributed by atoms with Crippen molar-refractivity contribution in [2.45, 2.75) is 6.42 Å². The standard InChI is InChI=1S/C16H21N7O/c1-23(2)13-9-10(11-4-6-19-22-11)8-12-14(13)15(18-5-3-7-24)21-16(17)20-12/h4,6,8-9,24H,3,5,7H2,1-2H3,(H,19,22)(H3,17,18,20,21). The van der Waals surface area contributed by atoms with Crippen molar-refractivity contribution >= 4 is 28.4 Å². The first kappa shape index (κ1) is 16.0. The van der Waals surface area contributed by atoms with Gasteiger partial charge in [0.1, 0.15) is 5.82 Å². The molecule has 24 heavy (non-hydrogen) atoms. The first-order chi connectivity index (χ1) is 11.6. The van der Waals surface area contributed by atoms with Crippen molar-refractivity contribution in [2.24, 2.45) is 0 Å². The van der Waals surface area contributed by atoms with Crippen LogP contribution in [-0.4, -0.2) is 52.5 Å². The number of anilines is 3. The van der Waals surface area contributed by atoms with Crippen LogP contribution in [0.25, 0.3) is 22.2 Å². The fraction of sp³-hybridized carbons (Fsp3) is 0.312. The quantitative estimate of drug-likeness (QED) is 0.506. The van der Waals surface area contributed by atoms with Crippen LogP contribution in [0.2, 0.25) is 0 Å². The van der Waals surface area contributed by atoms with E-state index < -0.39 is 0 Å². The number of aromatic nitrogens is 4. The average molecular weight is 327 g/mol. The number of hydrogen-bond acceptors (Lipinski definition) is 7. The molecule has 126 valence electrons. The molecule has 1 aromatic carbocycles. The topological polar surface area (TPSA) is 116 Å². The minimum atomic E-state index is 0.120. The molecule has 0 bridgehead atoms. The maximum Gasteiger partial charge on any atom is 0.222 e. The molecule has 2 aromatic heterocycles. The number of aliphatic hydroxyl groups is 1. The molecule has 3 aromatic rings. The van der Waals surface area contributed by atoms with Crippen molar-refractivity contribution in [1.29, 1.82) is 0 Å². The fourth-order valence-electron chi connectivity index (χ4n) is 2.60. The van der Waals surface area contributed by atoms with Crippen molar-refractivity contribution < 1.29 is 5.11 Å². The summed E-state index contributed by atoms with van der Waals surface area (Å²) in [5.41, 5.74) is 9.39. The Labute approximate surface area is 139 Å². The number of nitrogens with two attached hydrogens (primary N) is 1. The van der Waals surface area contributed by atoms with Crippen molar-refractivity contribution in [1.82, 2.24) is 20.2 Å². The Hall–Kier alpha value is -2.87. The van der Waals surface area contributed by atoms with Gasteiger partial charge in [0.2, 0.25) is 5.95 Å². The number of aromatic amines is 1. The van der Waals surface area contributed by atoms with Crippen LogP contribution in [0.3, 0.4) is 0 Å². The number of nitrogens with zero attached hydrogens (tertiary/aromatic N) is 4. The molecule has 0 aliphatic rings. The average Bonchev–Trinajstić information content (AvgIpc) is 3.08. The summed E-state index contributed by atoms with van der Waals surface area (Å²) in [5.74, 6) is 0.876. The van der Waals surface area contributed by atoms with Gasteiger partial charge in [-0.05, 0) is 24.6 Å². The highest BCUT2D eigenvalue weighted by molar-refractivity contribution is 6.03. The van der Waals surface area contributed by atoms with Gasteiger partial charge in [-0.3, -0.25) is 5.10 Å². The molecule has 8 heteroatoms. The van der Waals surface area contributed by atoms with Crippen molar-refractivity contribution in [2.75, 3.05) is 43.2 Å². The Morgan fingerprint density at radius 1 is 1.29 bits per heavy atom. The molecule has 0 saturated carbocycles. The predicted octanol–water partition coefficient (Wildman–Crippen LogP) is 1.46. The number of aliphatic hydroxyl groups excluding tert-OH is 1. The van der Waals surface area contributed by atoms with Gasteiger partial charge in [0, 0.05) is 39.0 Å². The van der Waals surface area contributed by atoms with E-state index in [4.69, 9.17) is 10.8 Å². The molecule has 0 atom stereocenters. The summed E-state index contributed by atoms with van der Waals surface area (Å²) in [6.45, 7) is 0.728. The first-order valence-corrected chi connectivity index (χ1v) is 7.73. The second-order valence-corrected chi connectivity index (χ2v) is 5.68. The van der Waals surface area contributed by atoms with E-state index in [-0.39, 0.29) is 12.6 Å². The number of H-pyrrole nitrogens is 1. The maximum atomic E-state index is 8.98. The second-order valence-electron chi connectivity index (χ2n) is 5.68. The minimum absolute atomic E-state index is 0.120. The Bertz CT molecular complexity index is 830. The molecule has 3 rings (SSSR count). The van der Waals surface area contributed by atoms with Crippen LogP contribution in [-0.2, 0) is 0 Å². The lowest BCUT2D eigenvalue weighted by Crippen LogP contribution is -2.13. The Morgan fingerprint density at radius 3 is 2.79 bits per heavy atom. The van der Waals surface area contributed by atoms with Gasteiger partial charge in [0.05, 0.1) is 22.3 Å². The maximum absolute atomic E-state index is 8.98. The second kappa shape index (κ2) is 6.71. The Balaban J connectivity index is 2.19. The normalized spacial score (nSPS) is 11.0. The van der Waals surface area contributed by atoms with Crippen LogP contribution < -0.4 is 16.0 Å². The molecule has 5 N–H and O–H groups in total. The zero-order chi connectivity index (χ0) is 17.1. The molecule has 0 radical (unpaired) electrons. The van der Waals surface area contributed by atoms with E-state index in [0.717, 1.165) is 27.8 Å². The van der Waals surface area contributed by atoms with Gasteiger partial charge in [-0.25, -0.2) is 4.98 Å². The minimum Gasteiger partial charge on any atom is -0.396 e. The van der Waals surface area contributed by atoms with Gasteiger partial charge < -0.3 is 21.1 Å². The van der Waals surface area contributed by atoms with Gasteiger partial charge in [0.15, 0.2) is 0 Å². The van der Waals surface area contributed by atoms with E-state index >= 15 is 0 Å². The van der Waals surface area contributed by atoms with Crippen LogP contribution in [0.1, 0.15) is 6.42 Å². The lowest BCUT2D eigenvalue weighted by molar-refractivity contribution is 0.292. The molecular weight excluding hydrogens is 306 g/mol. The molecule has 0 aliphatic heterocycles. The van der Waals surface area contributed by atoms with E-state index in [9.17, 15) is 0 Å². The molecule has 0 unspecified atom stereocenters. The number of benzene rings is 1. The predicted molar refractivity (Wildman–Crippen MR) is 96.1 cm³/mol. The number of rotatable bonds is 6. The summed E-state index contributed by atoms with van der Waals surface area (Å²) in [6.07, 6.45) is 2.42. The van der Waals surface area contributed by atoms with Crippen molar-refractivity contribution in [3.8, 4) is 11.3 Å². The van der Waals surface area contributed by atoms with E-state index in [1.807, 2.05) is 31.1 Å². The highest BCUT2D eigenvalue weighted by Crippen LogP contribution is 2.35. The van der Waals surface area contributed by atoms with E-state index in [0.29, 0.717) is 18.8 Å². The lowest BCUT2D eigenvalue weighted by atomic mass is 10.1. The van der Waals surface area contributed by atoms with Gasteiger partial charge in [0.25, 0.3) is 0 Å². The molecule has 0 aliphatic carbocycles. The van der Waals surface area contributed by atoms with Gasteiger partial charge in [-0.1, -0.05) is 0 Å². The monoisotopic (exact) mass is 327 g/mol. The number of nitrogens with one attached hydrogen (secondary N) is 2. The van der Waals surface area contributed by atoms with Crippen LogP contribution in [0.15, 0.2) is 24.4 Å². The van der Waals surface area contributed by atoms with Gasteiger partial charge >= 0.3 is 0 Å². The highest BCUT2D eigenvalue weighted by atomic mass is 16.3. The number of nitrogen functional groups attached to an aromatic ring is 1. The van der Waals surface area contributed by atoms with Crippen LogP contribution in [0.4, 0.5) is 17.5 Å². The van der Waals surface area contributed by atoms with Crippen LogP contribution in [0, 0.1) is 0 Å². The van der Waals surface area contributed by atoms with E-state index in [2.05, 4.69) is 31.5 Å². The van der Waals surface area contributed by atoms with Crippen molar-refractivity contribution in [3.05, 3.63) is 24.4 Å². The number of hydrogen-bond donors (Lipinski definition) is 4. The molecule has 0 fully saturated rings. The third kappa shape index (κ3) is 3.09. The van der Waals surface area contributed by atoms with Crippen LogP contribution >= 0.6 is 0 Å². The molecular formula is C16H21N7O. The summed E-state index contributed by atoms with van der Waals surface area (Å²) < 4.78 is 0. The zero-order valence-corrected chi connectivity index (χ0v) is 13.7. The summed E-state index contributed by atoms with van der Waals surface area (Å²) in [5, 5.41) is 20.2. The highest BCUT2D eigenvalue weighted by Gasteiger charge is 2.15. The molecule has 0 amide bonds. The smallest absolute Gasteiger partial charge is 0.222 e. The summed E-state index contributed by atoms with van der Waals surface area (Å²) in [6, 6.07) is 5.91. The third-order valence-corrected chi connectivity index (χ3v) is 3.70. The Kier molecular flexibility index (Phi) is 4.48. The van der Waals surface area contributed by atoms with E-state index in [1.54, 1.807) is 6.20 Å². The third-order valence-electron chi connectivity index (χ3n) is 3.70. The fourth-order valence-corrected chi connectivity index (χ4v) is 2.60. The molecule has 8 nitrogen and oxygen atoms in total.